The van der Waals surface area contributed by atoms with Crippen molar-refractivity contribution in [2.75, 3.05) is 30.3 Å². The Kier molecular flexibility index (Phi) is 5.53. The van der Waals surface area contributed by atoms with E-state index in [1.165, 1.54) is 0 Å². The zero-order chi connectivity index (χ0) is 14.0. The molecule has 1 heterocycles. The quantitative estimate of drug-likeness (QED) is 0.843. The average molecular weight is 294 g/mol. The summed E-state index contributed by atoms with van der Waals surface area (Å²) in [6.45, 7) is 9.42. The largest absolute Gasteiger partial charge is 0.329 e. The molecule has 2 unspecified atom stereocenters. The van der Waals surface area contributed by atoms with Gasteiger partial charge in [0.2, 0.25) is 0 Å². The van der Waals surface area contributed by atoms with Gasteiger partial charge in [0.1, 0.15) is 5.37 Å². The summed E-state index contributed by atoms with van der Waals surface area (Å²) in [5.41, 5.74) is 5.89. The highest BCUT2D eigenvalue weighted by atomic mass is 32.2. The molecule has 0 bridgehead atoms. The number of hydrogen-bond acceptors (Lipinski definition) is 5. The van der Waals surface area contributed by atoms with E-state index in [4.69, 9.17) is 5.73 Å². The lowest BCUT2D eigenvalue weighted by atomic mass is 9.85. The second-order valence-corrected chi connectivity index (χ2v) is 9.43. The van der Waals surface area contributed by atoms with Gasteiger partial charge in [-0.05, 0) is 5.41 Å². The number of nitrogens with two attached hydrogens (primary N) is 1. The molecule has 4 nitrogen and oxygen atoms in total. The van der Waals surface area contributed by atoms with Crippen LogP contribution in [0.15, 0.2) is 0 Å². The van der Waals surface area contributed by atoms with Crippen LogP contribution in [0.3, 0.4) is 0 Å². The fourth-order valence-corrected chi connectivity index (χ4v) is 5.51. The van der Waals surface area contributed by atoms with Gasteiger partial charge in [0, 0.05) is 36.4 Å². The zero-order valence-electron chi connectivity index (χ0n) is 11.8. The standard InChI is InChI=1S/C12H26N2O2S2/c1-5-18(15,16)11-9-17-7-6-14(11)10(8-13)12(2,3)4/h10-11H,5-9,13H2,1-4H3. The number of nitrogens with zero attached hydrogens (tertiary/aromatic N) is 1. The number of thioether (sulfide) groups is 1. The summed E-state index contributed by atoms with van der Waals surface area (Å²) in [5.74, 6) is 1.86. The highest BCUT2D eigenvalue weighted by Crippen LogP contribution is 2.31. The Morgan fingerprint density at radius 3 is 2.50 bits per heavy atom. The third-order valence-corrected chi connectivity index (χ3v) is 6.87. The van der Waals surface area contributed by atoms with Gasteiger partial charge in [-0.1, -0.05) is 27.7 Å². The Hall–Kier alpha value is 0.220. The van der Waals surface area contributed by atoms with Crippen LogP contribution in [0.4, 0.5) is 0 Å². The van der Waals surface area contributed by atoms with Gasteiger partial charge in [0.15, 0.2) is 9.84 Å². The maximum atomic E-state index is 12.2. The molecule has 2 atom stereocenters. The monoisotopic (exact) mass is 294 g/mol. The molecule has 2 N–H and O–H groups in total. The van der Waals surface area contributed by atoms with Crippen LogP contribution < -0.4 is 5.73 Å². The molecule has 0 aliphatic carbocycles. The van der Waals surface area contributed by atoms with Gasteiger partial charge < -0.3 is 5.73 Å². The van der Waals surface area contributed by atoms with Gasteiger partial charge in [-0.15, -0.1) is 0 Å². The van der Waals surface area contributed by atoms with Crippen molar-refractivity contribution in [2.24, 2.45) is 11.1 Å². The van der Waals surface area contributed by atoms with Crippen LogP contribution in [0.25, 0.3) is 0 Å². The van der Waals surface area contributed by atoms with Crippen LogP contribution in [-0.4, -0.2) is 55.1 Å². The molecule has 1 aliphatic heterocycles. The molecule has 18 heavy (non-hydrogen) atoms. The number of hydrogen-bond donors (Lipinski definition) is 1. The highest BCUT2D eigenvalue weighted by molar-refractivity contribution is 8.01. The van der Waals surface area contributed by atoms with Gasteiger partial charge >= 0.3 is 0 Å². The highest BCUT2D eigenvalue weighted by Gasteiger charge is 2.40. The fraction of sp³-hybridized carbons (Fsp3) is 1.00. The van der Waals surface area contributed by atoms with Gasteiger partial charge in [-0.25, -0.2) is 8.42 Å². The maximum absolute atomic E-state index is 12.2. The molecule has 0 saturated carbocycles. The molecule has 1 rings (SSSR count). The van der Waals surface area contributed by atoms with E-state index in [1.54, 1.807) is 18.7 Å². The second-order valence-electron chi connectivity index (χ2n) is 5.84. The van der Waals surface area contributed by atoms with Gasteiger partial charge in [0.05, 0.1) is 0 Å². The Morgan fingerprint density at radius 2 is 2.06 bits per heavy atom. The Bertz CT molecular complexity index is 363. The van der Waals surface area contributed by atoms with Crippen molar-refractivity contribution in [1.29, 1.82) is 0 Å². The van der Waals surface area contributed by atoms with Crippen LogP contribution in [0.5, 0.6) is 0 Å². The maximum Gasteiger partial charge on any atom is 0.166 e. The summed E-state index contributed by atoms with van der Waals surface area (Å²) in [5, 5.41) is -0.367. The minimum Gasteiger partial charge on any atom is -0.329 e. The molecular formula is C12H26N2O2S2. The predicted octanol–water partition coefficient (Wildman–Crippen LogP) is 1.17. The van der Waals surface area contributed by atoms with Crippen LogP contribution in [0, 0.1) is 5.41 Å². The summed E-state index contributed by atoms with van der Waals surface area (Å²) in [7, 11) is -3.04. The van der Waals surface area contributed by atoms with Gasteiger partial charge in [-0.3, -0.25) is 4.90 Å². The van der Waals surface area contributed by atoms with E-state index in [0.29, 0.717) is 12.3 Å². The fourth-order valence-electron chi connectivity index (χ4n) is 2.44. The van der Waals surface area contributed by atoms with Crippen molar-refractivity contribution in [3.63, 3.8) is 0 Å². The summed E-state index contributed by atoms with van der Waals surface area (Å²) >= 11 is 1.73. The lowest BCUT2D eigenvalue weighted by Gasteiger charge is -2.45. The van der Waals surface area contributed by atoms with Crippen molar-refractivity contribution in [3.05, 3.63) is 0 Å². The molecule has 0 aromatic heterocycles. The molecule has 1 fully saturated rings. The molecule has 0 amide bonds. The molecule has 6 heteroatoms. The van der Waals surface area contributed by atoms with E-state index >= 15 is 0 Å². The SMILES string of the molecule is CCS(=O)(=O)C1CSCCN1C(CN)C(C)(C)C. The number of sulfone groups is 1. The molecule has 0 aromatic carbocycles. The van der Waals surface area contributed by atoms with E-state index < -0.39 is 9.84 Å². The molecular weight excluding hydrogens is 268 g/mol. The van der Waals surface area contributed by atoms with Crippen LogP contribution in [0.2, 0.25) is 0 Å². The lowest BCUT2D eigenvalue weighted by Crippen LogP contribution is -2.58. The first kappa shape index (κ1) is 16.3. The first-order chi connectivity index (χ1) is 8.24. The predicted molar refractivity (Wildman–Crippen MR) is 79.6 cm³/mol. The summed E-state index contributed by atoms with van der Waals surface area (Å²) in [6.07, 6.45) is 0. The van der Waals surface area contributed by atoms with E-state index in [2.05, 4.69) is 25.7 Å². The first-order valence-corrected chi connectivity index (χ1v) is 9.36. The van der Waals surface area contributed by atoms with E-state index in [9.17, 15) is 8.42 Å². The van der Waals surface area contributed by atoms with Crippen LogP contribution in [0.1, 0.15) is 27.7 Å². The summed E-state index contributed by atoms with van der Waals surface area (Å²) in [4.78, 5) is 2.12. The van der Waals surface area contributed by atoms with Crippen molar-refractivity contribution in [2.45, 2.75) is 39.1 Å². The molecule has 1 saturated heterocycles. The molecule has 1 aliphatic rings. The minimum atomic E-state index is -3.04. The molecule has 0 aromatic rings. The lowest BCUT2D eigenvalue weighted by molar-refractivity contribution is 0.101. The van der Waals surface area contributed by atoms with Crippen molar-refractivity contribution < 1.29 is 8.42 Å². The summed E-state index contributed by atoms with van der Waals surface area (Å²) in [6, 6.07) is 0.115. The first-order valence-electron chi connectivity index (χ1n) is 6.49. The van der Waals surface area contributed by atoms with E-state index in [1.807, 2.05) is 0 Å². The van der Waals surface area contributed by atoms with Crippen molar-refractivity contribution >= 4 is 21.6 Å². The third kappa shape index (κ3) is 3.62. The second kappa shape index (κ2) is 6.11. The van der Waals surface area contributed by atoms with E-state index in [0.717, 1.165) is 12.3 Å². The average Bonchev–Trinajstić information content (AvgIpc) is 2.28. The molecule has 108 valence electrons. The minimum absolute atomic E-state index is 0.00172. The topological polar surface area (TPSA) is 63.4 Å². The summed E-state index contributed by atoms with van der Waals surface area (Å²) < 4.78 is 24.4. The number of rotatable bonds is 4. The van der Waals surface area contributed by atoms with Crippen LogP contribution in [-0.2, 0) is 9.84 Å². The third-order valence-electron chi connectivity index (χ3n) is 3.56. The zero-order valence-corrected chi connectivity index (χ0v) is 13.5. The van der Waals surface area contributed by atoms with E-state index in [-0.39, 0.29) is 22.6 Å². The van der Waals surface area contributed by atoms with Gasteiger partial charge in [0.25, 0.3) is 0 Å². The Balaban J connectivity index is 3.02. The molecule has 0 spiro atoms. The normalized spacial score (nSPS) is 25.1. The van der Waals surface area contributed by atoms with Crippen LogP contribution >= 0.6 is 11.8 Å². The van der Waals surface area contributed by atoms with Gasteiger partial charge in [-0.2, -0.15) is 11.8 Å². The van der Waals surface area contributed by atoms with Crippen molar-refractivity contribution in [3.8, 4) is 0 Å². The smallest absolute Gasteiger partial charge is 0.166 e. The molecule has 0 radical (unpaired) electrons. The Morgan fingerprint density at radius 1 is 1.44 bits per heavy atom. The Labute approximate surface area is 116 Å². The van der Waals surface area contributed by atoms with Crippen molar-refractivity contribution in [1.82, 2.24) is 4.90 Å².